The summed E-state index contributed by atoms with van der Waals surface area (Å²) in [4.78, 5) is 35.8. The van der Waals surface area contributed by atoms with E-state index in [1.54, 1.807) is 20.8 Å². The Morgan fingerprint density at radius 1 is 1.37 bits per heavy atom. The van der Waals surface area contributed by atoms with E-state index >= 15 is 0 Å². The second-order valence-corrected chi connectivity index (χ2v) is 5.45. The van der Waals surface area contributed by atoms with Crippen molar-refractivity contribution in [1.82, 2.24) is 10.2 Å². The van der Waals surface area contributed by atoms with Gasteiger partial charge in [0.15, 0.2) is 6.04 Å². The van der Waals surface area contributed by atoms with E-state index in [1.165, 1.54) is 4.90 Å². The molecule has 0 bridgehead atoms. The molecule has 2 amide bonds. The highest BCUT2D eigenvalue weighted by Gasteiger charge is 2.33. The summed E-state index contributed by atoms with van der Waals surface area (Å²) in [6, 6.07) is -0.979. The number of hydrogen-bond acceptors (Lipinski definition) is 4. The van der Waals surface area contributed by atoms with Crippen molar-refractivity contribution < 1.29 is 24.2 Å². The van der Waals surface area contributed by atoms with Crippen LogP contribution in [0.25, 0.3) is 0 Å². The normalized spacial score (nSPS) is 19.9. The van der Waals surface area contributed by atoms with Crippen LogP contribution in [-0.2, 0) is 19.1 Å². The Labute approximate surface area is 111 Å². The average molecular weight is 272 g/mol. The van der Waals surface area contributed by atoms with E-state index in [4.69, 9.17) is 9.84 Å². The van der Waals surface area contributed by atoms with Crippen LogP contribution in [0.15, 0.2) is 0 Å². The molecule has 7 nitrogen and oxygen atoms in total. The van der Waals surface area contributed by atoms with Crippen molar-refractivity contribution in [2.45, 2.75) is 26.8 Å². The van der Waals surface area contributed by atoms with Crippen LogP contribution in [0.3, 0.4) is 0 Å². The Morgan fingerprint density at radius 2 is 2.00 bits per heavy atom. The van der Waals surface area contributed by atoms with E-state index in [0.29, 0.717) is 6.61 Å². The number of carboxylic acids is 1. The van der Waals surface area contributed by atoms with Gasteiger partial charge in [0, 0.05) is 12.0 Å². The zero-order chi connectivity index (χ0) is 14.6. The highest BCUT2D eigenvalue weighted by Crippen LogP contribution is 2.12. The van der Waals surface area contributed by atoms with Crippen LogP contribution in [-0.4, -0.2) is 60.1 Å². The molecule has 0 aromatic heterocycles. The van der Waals surface area contributed by atoms with Crippen LogP contribution in [0.4, 0.5) is 0 Å². The molecule has 0 radical (unpaired) electrons. The molecular formula is C12H20N2O5. The topological polar surface area (TPSA) is 95.9 Å². The summed E-state index contributed by atoms with van der Waals surface area (Å²) in [7, 11) is 0. The molecule has 1 aliphatic heterocycles. The van der Waals surface area contributed by atoms with Crippen molar-refractivity contribution in [1.29, 1.82) is 0 Å². The Kier molecular flexibility index (Phi) is 4.88. The SMILES string of the molecule is CC(C)(C)C(=O)NCC(=O)N1CCOCC1C(=O)O. The molecule has 1 saturated heterocycles. The molecular weight excluding hydrogens is 252 g/mol. The number of nitrogens with zero attached hydrogens (tertiary/aromatic N) is 1. The van der Waals surface area contributed by atoms with E-state index in [1.807, 2.05) is 0 Å². The Bertz CT molecular complexity index is 375. The molecule has 1 aliphatic rings. The fraction of sp³-hybridized carbons (Fsp3) is 0.750. The zero-order valence-corrected chi connectivity index (χ0v) is 11.4. The monoisotopic (exact) mass is 272 g/mol. The first-order valence-corrected chi connectivity index (χ1v) is 6.12. The van der Waals surface area contributed by atoms with Gasteiger partial charge in [0.25, 0.3) is 0 Å². The van der Waals surface area contributed by atoms with Gasteiger partial charge in [-0.3, -0.25) is 9.59 Å². The molecule has 1 fully saturated rings. The number of nitrogens with one attached hydrogen (secondary N) is 1. The molecule has 2 N–H and O–H groups in total. The third-order valence-corrected chi connectivity index (χ3v) is 2.82. The van der Waals surface area contributed by atoms with Crippen LogP contribution in [0, 0.1) is 5.41 Å². The predicted molar refractivity (Wildman–Crippen MR) is 66.4 cm³/mol. The molecule has 0 spiro atoms. The first-order valence-electron chi connectivity index (χ1n) is 6.12. The van der Waals surface area contributed by atoms with Gasteiger partial charge in [0.1, 0.15) is 0 Å². The minimum absolute atomic E-state index is 0.0196. The molecule has 19 heavy (non-hydrogen) atoms. The lowest BCUT2D eigenvalue weighted by atomic mass is 9.96. The van der Waals surface area contributed by atoms with E-state index in [-0.39, 0.29) is 25.6 Å². The molecule has 1 heterocycles. The number of carbonyl (C=O) groups is 3. The lowest BCUT2D eigenvalue weighted by Gasteiger charge is -2.33. The molecule has 0 aliphatic carbocycles. The standard InChI is InChI=1S/C12H20N2O5/c1-12(2,3)11(18)13-6-9(15)14-4-5-19-7-8(14)10(16)17/h8H,4-7H2,1-3H3,(H,13,18)(H,16,17). The van der Waals surface area contributed by atoms with Gasteiger partial charge in [-0.15, -0.1) is 0 Å². The molecule has 7 heteroatoms. The average Bonchev–Trinajstić information content (AvgIpc) is 2.34. The van der Waals surface area contributed by atoms with E-state index in [0.717, 1.165) is 0 Å². The number of amides is 2. The minimum Gasteiger partial charge on any atom is -0.480 e. The number of hydrogen-bond donors (Lipinski definition) is 2. The maximum atomic E-state index is 11.9. The number of ether oxygens (including phenoxy) is 1. The smallest absolute Gasteiger partial charge is 0.328 e. The molecule has 0 aromatic carbocycles. The summed E-state index contributed by atoms with van der Waals surface area (Å²) in [5.74, 6) is -1.76. The molecule has 1 rings (SSSR count). The predicted octanol–water partition coefficient (Wildman–Crippen LogP) is -0.539. The van der Waals surface area contributed by atoms with Gasteiger partial charge in [-0.1, -0.05) is 20.8 Å². The maximum Gasteiger partial charge on any atom is 0.328 e. The van der Waals surface area contributed by atoms with Crippen molar-refractivity contribution in [3.05, 3.63) is 0 Å². The second-order valence-electron chi connectivity index (χ2n) is 5.45. The summed E-state index contributed by atoms with van der Waals surface area (Å²) in [5.41, 5.74) is -0.586. The van der Waals surface area contributed by atoms with Gasteiger partial charge in [0.2, 0.25) is 11.8 Å². The van der Waals surface area contributed by atoms with Crippen molar-refractivity contribution >= 4 is 17.8 Å². The van der Waals surface area contributed by atoms with Crippen LogP contribution < -0.4 is 5.32 Å². The third-order valence-electron chi connectivity index (χ3n) is 2.82. The molecule has 1 atom stereocenters. The first-order chi connectivity index (χ1) is 8.73. The van der Waals surface area contributed by atoms with E-state index in [9.17, 15) is 14.4 Å². The Balaban J connectivity index is 2.57. The zero-order valence-electron chi connectivity index (χ0n) is 11.4. The summed E-state index contributed by atoms with van der Waals surface area (Å²) < 4.78 is 5.04. The van der Waals surface area contributed by atoms with Crippen LogP contribution in [0.5, 0.6) is 0 Å². The number of rotatable bonds is 3. The van der Waals surface area contributed by atoms with Crippen molar-refractivity contribution in [3.8, 4) is 0 Å². The Morgan fingerprint density at radius 3 is 2.53 bits per heavy atom. The van der Waals surface area contributed by atoms with Crippen molar-refractivity contribution in [3.63, 3.8) is 0 Å². The highest BCUT2D eigenvalue weighted by molar-refractivity contribution is 5.89. The van der Waals surface area contributed by atoms with Gasteiger partial charge in [-0.25, -0.2) is 4.79 Å². The van der Waals surface area contributed by atoms with Gasteiger partial charge in [-0.05, 0) is 0 Å². The third kappa shape index (κ3) is 4.20. The van der Waals surface area contributed by atoms with Crippen molar-refractivity contribution in [2.24, 2.45) is 5.41 Å². The van der Waals surface area contributed by atoms with E-state index < -0.39 is 23.3 Å². The van der Waals surface area contributed by atoms with Gasteiger partial charge in [-0.2, -0.15) is 0 Å². The molecule has 108 valence electrons. The summed E-state index contributed by atoms with van der Waals surface area (Å²) in [5, 5.41) is 11.5. The lowest BCUT2D eigenvalue weighted by molar-refractivity contribution is -0.158. The number of morpholine rings is 1. The molecule has 1 unspecified atom stereocenters. The van der Waals surface area contributed by atoms with Gasteiger partial charge >= 0.3 is 5.97 Å². The van der Waals surface area contributed by atoms with Crippen LogP contribution >= 0.6 is 0 Å². The minimum atomic E-state index is -1.10. The summed E-state index contributed by atoms with van der Waals surface area (Å²) in [6.07, 6.45) is 0. The summed E-state index contributed by atoms with van der Waals surface area (Å²) in [6.45, 7) is 5.53. The number of carboxylic acid groups (broad SMARTS) is 1. The van der Waals surface area contributed by atoms with Gasteiger partial charge < -0.3 is 20.1 Å². The number of aliphatic carboxylic acids is 1. The summed E-state index contributed by atoms with van der Waals surface area (Å²) >= 11 is 0. The van der Waals surface area contributed by atoms with Gasteiger partial charge in [0.05, 0.1) is 19.8 Å². The van der Waals surface area contributed by atoms with Crippen molar-refractivity contribution in [2.75, 3.05) is 26.3 Å². The maximum absolute atomic E-state index is 11.9. The highest BCUT2D eigenvalue weighted by atomic mass is 16.5. The van der Waals surface area contributed by atoms with E-state index in [2.05, 4.69) is 5.32 Å². The quantitative estimate of drug-likeness (QED) is 0.719. The fourth-order valence-electron chi connectivity index (χ4n) is 1.63. The fourth-order valence-corrected chi connectivity index (χ4v) is 1.63. The second kappa shape index (κ2) is 6.01. The lowest BCUT2D eigenvalue weighted by Crippen LogP contribution is -2.55. The molecule has 0 aromatic rings. The molecule has 0 saturated carbocycles. The Hall–Kier alpha value is -1.63. The number of carbonyl (C=O) groups excluding carboxylic acids is 2. The van der Waals surface area contributed by atoms with Crippen LogP contribution in [0.2, 0.25) is 0 Å². The first kappa shape index (κ1) is 15.4. The largest absolute Gasteiger partial charge is 0.480 e. The van der Waals surface area contributed by atoms with Crippen LogP contribution in [0.1, 0.15) is 20.8 Å².